The second-order valence-electron chi connectivity index (χ2n) is 8.27. The van der Waals surface area contributed by atoms with Crippen LogP contribution >= 0.6 is 0 Å². The lowest BCUT2D eigenvalue weighted by atomic mass is 10.0. The van der Waals surface area contributed by atoms with Crippen molar-refractivity contribution < 1.29 is 23.2 Å². The highest BCUT2D eigenvalue weighted by molar-refractivity contribution is 6.07. The molecule has 1 atom stereocenters. The molecular formula is C23H23FN4O4. The van der Waals surface area contributed by atoms with Gasteiger partial charge in [0, 0.05) is 31.1 Å². The minimum absolute atomic E-state index is 0.00572. The summed E-state index contributed by atoms with van der Waals surface area (Å²) in [6.45, 7) is 3.70. The molecule has 4 heterocycles. The molecule has 2 aliphatic rings. The van der Waals surface area contributed by atoms with Crippen LogP contribution in [0.15, 0.2) is 34.9 Å². The third-order valence-corrected chi connectivity index (χ3v) is 6.21. The molecule has 1 aromatic carbocycles. The molecule has 2 fully saturated rings. The molecule has 32 heavy (non-hydrogen) atoms. The van der Waals surface area contributed by atoms with Gasteiger partial charge in [0.25, 0.3) is 11.6 Å². The average molecular weight is 438 g/mol. The van der Waals surface area contributed by atoms with Crippen LogP contribution in [0, 0.1) is 12.7 Å². The maximum Gasteiger partial charge on any atom is 0.323 e. The first-order valence-electron chi connectivity index (χ1n) is 10.7. The summed E-state index contributed by atoms with van der Waals surface area (Å²) in [4.78, 5) is 31.7. The summed E-state index contributed by atoms with van der Waals surface area (Å²) in [7, 11) is 0. The number of hydrogen-bond donors (Lipinski definition) is 1. The zero-order valence-corrected chi connectivity index (χ0v) is 17.6. The number of nitrogens with one attached hydrogen (secondary N) is 1. The highest BCUT2D eigenvalue weighted by Crippen LogP contribution is 2.28. The van der Waals surface area contributed by atoms with E-state index < -0.39 is 0 Å². The van der Waals surface area contributed by atoms with Crippen LogP contribution in [0.5, 0.6) is 0 Å². The lowest BCUT2D eigenvalue weighted by Crippen LogP contribution is -2.49. The first kappa shape index (κ1) is 20.6. The molecule has 8 nitrogen and oxygen atoms in total. The zero-order chi connectivity index (χ0) is 22.2. The zero-order valence-electron chi connectivity index (χ0n) is 17.6. The Morgan fingerprint density at radius 3 is 2.62 bits per heavy atom. The van der Waals surface area contributed by atoms with Gasteiger partial charge in [-0.3, -0.25) is 14.5 Å². The number of hydrogen-bond acceptors (Lipinski definition) is 7. The smallest absolute Gasteiger partial charge is 0.323 e. The summed E-state index contributed by atoms with van der Waals surface area (Å²) in [6, 6.07) is 7.44. The van der Waals surface area contributed by atoms with Gasteiger partial charge in [-0.25, -0.2) is 9.37 Å². The molecule has 0 saturated carbocycles. The maximum atomic E-state index is 13.3. The molecule has 0 unspecified atom stereocenters. The second-order valence-corrected chi connectivity index (χ2v) is 8.27. The fraction of sp³-hybridized carbons (Fsp3) is 0.391. The van der Waals surface area contributed by atoms with E-state index in [9.17, 15) is 14.0 Å². The molecule has 5 rings (SSSR count). The van der Waals surface area contributed by atoms with E-state index >= 15 is 0 Å². The van der Waals surface area contributed by atoms with Crippen LogP contribution < -0.4 is 5.32 Å². The number of benzene rings is 1. The largest absolute Gasteiger partial charge is 0.464 e. The third kappa shape index (κ3) is 3.84. The van der Waals surface area contributed by atoms with Crippen molar-refractivity contribution in [3.05, 3.63) is 47.4 Å². The standard InChI is InChI=1S/C23H23FN4O4/c1-13-20-17(12-18(26-22(20)32-27-13)14-2-4-15(24)5-3-14)21(29)25-16-6-9-28(10-7-16)19-8-11-31-23(19)30/h2-5,12,16,19H,6-11H2,1H3,(H,25,29)/t19-/m0/s1. The third-order valence-electron chi connectivity index (χ3n) is 6.21. The van der Waals surface area contributed by atoms with Crippen LogP contribution in [-0.4, -0.2) is 58.7 Å². The van der Waals surface area contributed by atoms with E-state index in [-0.39, 0.29) is 35.5 Å². The Hall–Kier alpha value is -3.33. The molecule has 1 N–H and O–H groups in total. The van der Waals surface area contributed by atoms with Crippen molar-refractivity contribution >= 4 is 23.0 Å². The minimum atomic E-state index is -0.347. The van der Waals surface area contributed by atoms with E-state index in [0.29, 0.717) is 34.5 Å². The van der Waals surface area contributed by atoms with Crippen molar-refractivity contribution in [3.63, 3.8) is 0 Å². The number of rotatable bonds is 4. The molecule has 9 heteroatoms. The van der Waals surface area contributed by atoms with Crippen LogP contribution in [0.2, 0.25) is 0 Å². The van der Waals surface area contributed by atoms with Crippen molar-refractivity contribution in [1.82, 2.24) is 20.4 Å². The summed E-state index contributed by atoms with van der Waals surface area (Å²) in [5.74, 6) is -0.728. The van der Waals surface area contributed by atoms with Crippen molar-refractivity contribution in [2.24, 2.45) is 0 Å². The SMILES string of the molecule is Cc1noc2nc(-c3ccc(F)cc3)cc(C(=O)NC3CCN([C@H]4CCOC4=O)CC3)c12. The number of carbonyl (C=O) groups is 2. The first-order valence-corrected chi connectivity index (χ1v) is 10.7. The summed E-state index contributed by atoms with van der Waals surface area (Å²) in [5, 5.41) is 7.65. The van der Waals surface area contributed by atoms with E-state index in [1.807, 2.05) is 0 Å². The molecule has 0 radical (unpaired) electrons. The topological polar surface area (TPSA) is 97.6 Å². The number of ether oxygens (including phenoxy) is 1. The highest BCUT2D eigenvalue weighted by Gasteiger charge is 2.35. The van der Waals surface area contributed by atoms with Crippen LogP contribution in [-0.2, 0) is 9.53 Å². The monoisotopic (exact) mass is 438 g/mol. The Bertz CT molecular complexity index is 1170. The number of halogens is 1. The molecular weight excluding hydrogens is 415 g/mol. The van der Waals surface area contributed by atoms with Gasteiger partial charge in [0.15, 0.2) is 0 Å². The van der Waals surface area contributed by atoms with Gasteiger partial charge in [-0.15, -0.1) is 0 Å². The van der Waals surface area contributed by atoms with Crippen molar-refractivity contribution in [1.29, 1.82) is 0 Å². The predicted molar refractivity (Wildman–Crippen MR) is 113 cm³/mol. The number of cyclic esters (lactones) is 1. The van der Waals surface area contributed by atoms with Crippen molar-refractivity contribution in [3.8, 4) is 11.3 Å². The van der Waals surface area contributed by atoms with Crippen LogP contribution in [0.25, 0.3) is 22.4 Å². The highest BCUT2D eigenvalue weighted by atomic mass is 19.1. The van der Waals surface area contributed by atoms with Crippen LogP contribution in [0.3, 0.4) is 0 Å². The molecule has 0 aliphatic carbocycles. The first-order chi connectivity index (χ1) is 15.5. The molecule has 2 saturated heterocycles. The van der Waals surface area contributed by atoms with Crippen LogP contribution in [0.1, 0.15) is 35.3 Å². The number of pyridine rings is 1. The van der Waals surface area contributed by atoms with Gasteiger partial charge in [0.2, 0.25) is 0 Å². The number of piperidine rings is 1. The number of likely N-dealkylation sites (tertiary alicyclic amines) is 1. The quantitative estimate of drug-likeness (QED) is 0.626. The number of carbonyl (C=O) groups excluding carboxylic acids is 2. The molecule has 2 aliphatic heterocycles. The summed E-state index contributed by atoms with van der Waals surface area (Å²) in [5.41, 5.74) is 2.46. The van der Waals surface area contributed by atoms with Crippen molar-refractivity contribution in [2.75, 3.05) is 19.7 Å². The lowest BCUT2D eigenvalue weighted by molar-refractivity contribution is -0.142. The Kier molecular flexibility index (Phi) is 5.34. The van der Waals surface area contributed by atoms with Gasteiger partial charge in [-0.2, -0.15) is 0 Å². The van der Waals surface area contributed by atoms with Gasteiger partial charge in [-0.1, -0.05) is 5.16 Å². The minimum Gasteiger partial charge on any atom is -0.464 e. The maximum absolute atomic E-state index is 13.3. The molecule has 0 spiro atoms. The fourth-order valence-electron chi connectivity index (χ4n) is 4.48. The van der Waals surface area contributed by atoms with E-state index in [1.54, 1.807) is 25.1 Å². The lowest BCUT2D eigenvalue weighted by Gasteiger charge is -2.34. The second kappa shape index (κ2) is 8.31. The number of aryl methyl sites for hydroxylation is 1. The average Bonchev–Trinajstić information content (AvgIpc) is 3.40. The fourth-order valence-corrected chi connectivity index (χ4v) is 4.48. The molecule has 2 aromatic heterocycles. The van der Waals surface area contributed by atoms with E-state index in [0.717, 1.165) is 32.4 Å². The van der Waals surface area contributed by atoms with Gasteiger partial charge in [0.1, 0.15) is 11.9 Å². The number of fused-ring (bicyclic) bond motifs is 1. The Morgan fingerprint density at radius 1 is 1.19 bits per heavy atom. The van der Waals surface area contributed by atoms with E-state index in [4.69, 9.17) is 9.26 Å². The van der Waals surface area contributed by atoms with Gasteiger partial charge >= 0.3 is 5.97 Å². The van der Waals surface area contributed by atoms with Crippen LogP contribution in [0.4, 0.5) is 4.39 Å². The van der Waals surface area contributed by atoms with Gasteiger partial charge in [-0.05, 0) is 50.1 Å². The normalized spacial score (nSPS) is 19.9. The summed E-state index contributed by atoms with van der Waals surface area (Å²) < 4.78 is 23.7. The van der Waals surface area contributed by atoms with Gasteiger partial charge < -0.3 is 14.6 Å². The number of esters is 1. The Labute approximate surface area is 183 Å². The van der Waals surface area contributed by atoms with Gasteiger partial charge in [0.05, 0.1) is 28.9 Å². The molecule has 3 aromatic rings. The number of aromatic nitrogens is 2. The summed E-state index contributed by atoms with van der Waals surface area (Å²) >= 11 is 0. The van der Waals surface area contributed by atoms with E-state index in [1.165, 1.54) is 12.1 Å². The predicted octanol–water partition coefficient (Wildman–Crippen LogP) is 2.85. The Morgan fingerprint density at radius 2 is 1.94 bits per heavy atom. The van der Waals surface area contributed by atoms with E-state index in [2.05, 4.69) is 20.4 Å². The molecule has 166 valence electrons. The molecule has 1 amide bonds. The Balaban J connectivity index is 1.35. The molecule has 0 bridgehead atoms. The summed E-state index contributed by atoms with van der Waals surface area (Å²) in [6.07, 6.45) is 2.22. The van der Waals surface area contributed by atoms with Crippen molar-refractivity contribution in [2.45, 2.75) is 38.3 Å². The number of nitrogens with zero attached hydrogens (tertiary/aromatic N) is 3. The number of amides is 1.